The van der Waals surface area contributed by atoms with Gasteiger partial charge in [-0.15, -0.1) is 0 Å². The van der Waals surface area contributed by atoms with E-state index in [-0.39, 0.29) is 36.2 Å². The smallest absolute Gasteiger partial charge is 0.186 e. The molecule has 0 aliphatic rings. The van der Waals surface area contributed by atoms with E-state index in [0.29, 0.717) is 27.9 Å². The van der Waals surface area contributed by atoms with Gasteiger partial charge in [0.2, 0.25) is 0 Å². The summed E-state index contributed by atoms with van der Waals surface area (Å²) < 4.78 is 44.6. The molecule has 2 aromatic carbocycles. The largest absolute Gasteiger partial charge is 0.363 e. The minimum atomic E-state index is -0.631. The number of fused-ring (bicyclic) bond motifs is 1. The number of aryl methyl sites for hydroxylation is 1. The van der Waals surface area contributed by atoms with Gasteiger partial charge in [-0.1, -0.05) is 36.4 Å². The Labute approximate surface area is 193 Å². The van der Waals surface area contributed by atoms with E-state index in [1.165, 1.54) is 19.1 Å². The molecule has 0 aliphatic heterocycles. The molecule has 6 nitrogen and oxygen atoms in total. The van der Waals surface area contributed by atoms with Crippen LogP contribution in [0.15, 0.2) is 66.9 Å². The first-order chi connectivity index (χ1) is 16.5. The zero-order valence-electron chi connectivity index (χ0n) is 18.1. The van der Waals surface area contributed by atoms with E-state index < -0.39 is 11.6 Å². The summed E-state index contributed by atoms with van der Waals surface area (Å²) in [4.78, 5) is 13.0. The number of hydrogen-bond donors (Lipinski definition) is 1. The quantitative estimate of drug-likeness (QED) is 0.374. The van der Waals surface area contributed by atoms with E-state index in [9.17, 15) is 13.2 Å². The Morgan fingerprint density at radius 1 is 0.853 bits per heavy atom. The lowest BCUT2D eigenvalue weighted by Gasteiger charge is -2.10. The lowest BCUT2D eigenvalue weighted by Crippen LogP contribution is -2.09. The Morgan fingerprint density at radius 2 is 1.56 bits per heavy atom. The van der Waals surface area contributed by atoms with Crippen LogP contribution in [0.3, 0.4) is 0 Å². The molecule has 0 bridgehead atoms. The van der Waals surface area contributed by atoms with Crippen molar-refractivity contribution in [2.24, 2.45) is 0 Å². The second-order valence-electron chi connectivity index (χ2n) is 7.71. The van der Waals surface area contributed by atoms with Gasteiger partial charge in [-0.25, -0.2) is 32.8 Å². The van der Waals surface area contributed by atoms with Crippen molar-refractivity contribution in [3.05, 3.63) is 101 Å². The monoisotopic (exact) mass is 460 g/mol. The van der Waals surface area contributed by atoms with Crippen molar-refractivity contribution >= 4 is 16.9 Å². The zero-order valence-corrected chi connectivity index (χ0v) is 18.1. The second kappa shape index (κ2) is 8.93. The topological polar surface area (TPSA) is 68.5 Å². The van der Waals surface area contributed by atoms with E-state index in [4.69, 9.17) is 0 Å². The number of nitrogens with one attached hydrogen (secondary N) is 1. The molecule has 5 aromatic rings. The van der Waals surface area contributed by atoms with Gasteiger partial charge < -0.3 is 5.32 Å². The average Bonchev–Trinajstić information content (AvgIpc) is 3.21. The van der Waals surface area contributed by atoms with Crippen LogP contribution in [0.4, 0.5) is 19.0 Å². The van der Waals surface area contributed by atoms with Crippen molar-refractivity contribution in [1.82, 2.24) is 24.7 Å². The highest BCUT2D eigenvalue weighted by atomic mass is 19.1. The van der Waals surface area contributed by atoms with E-state index in [0.717, 1.165) is 0 Å². The number of rotatable bonds is 6. The third-order valence-electron chi connectivity index (χ3n) is 5.42. The fraction of sp³-hybridized carbons (Fsp3) is 0.120. The molecule has 9 heteroatoms. The van der Waals surface area contributed by atoms with E-state index in [1.807, 2.05) is 0 Å². The van der Waals surface area contributed by atoms with Gasteiger partial charge in [0.25, 0.3) is 0 Å². The molecule has 0 atom stereocenters. The number of hydrogen-bond acceptors (Lipinski definition) is 5. The second-order valence-corrected chi connectivity index (χ2v) is 7.71. The summed E-state index contributed by atoms with van der Waals surface area (Å²) >= 11 is 0. The summed E-state index contributed by atoms with van der Waals surface area (Å²) in [5.41, 5.74) is 1.85. The fourth-order valence-electron chi connectivity index (χ4n) is 3.68. The molecule has 5 rings (SSSR count). The Morgan fingerprint density at radius 3 is 2.29 bits per heavy atom. The predicted molar refractivity (Wildman–Crippen MR) is 122 cm³/mol. The molecule has 0 aliphatic carbocycles. The van der Waals surface area contributed by atoms with Gasteiger partial charge in [-0.2, -0.15) is 5.10 Å². The molecule has 170 valence electrons. The molecule has 0 radical (unpaired) electrons. The van der Waals surface area contributed by atoms with Crippen molar-refractivity contribution in [3.8, 4) is 11.5 Å². The van der Waals surface area contributed by atoms with Gasteiger partial charge >= 0.3 is 0 Å². The molecular weight excluding hydrogens is 441 g/mol. The average molecular weight is 460 g/mol. The van der Waals surface area contributed by atoms with Crippen molar-refractivity contribution in [2.45, 2.75) is 20.0 Å². The predicted octanol–water partition coefficient (Wildman–Crippen LogP) is 5.27. The van der Waals surface area contributed by atoms with Crippen molar-refractivity contribution in [3.63, 3.8) is 0 Å². The van der Waals surface area contributed by atoms with Crippen LogP contribution in [-0.4, -0.2) is 24.7 Å². The Hall–Kier alpha value is -4.27. The summed E-state index contributed by atoms with van der Waals surface area (Å²) in [6.07, 6.45) is 1.61. The number of aromatic nitrogens is 5. The van der Waals surface area contributed by atoms with Crippen LogP contribution in [0.5, 0.6) is 0 Å². The minimum Gasteiger partial charge on any atom is -0.363 e. The Bertz CT molecular complexity index is 1500. The summed E-state index contributed by atoms with van der Waals surface area (Å²) in [5.74, 6) is -1.26. The van der Waals surface area contributed by atoms with Crippen LogP contribution >= 0.6 is 0 Å². The number of halogens is 3. The number of pyridine rings is 1. The number of nitrogens with zero attached hydrogens (tertiary/aromatic N) is 5. The highest BCUT2D eigenvalue weighted by Gasteiger charge is 2.20. The molecule has 0 spiro atoms. The number of anilines is 1. The first-order valence-corrected chi connectivity index (χ1v) is 10.6. The highest BCUT2D eigenvalue weighted by Crippen LogP contribution is 2.28. The van der Waals surface area contributed by atoms with Crippen LogP contribution in [-0.2, 0) is 13.1 Å². The van der Waals surface area contributed by atoms with Crippen LogP contribution in [0.1, 0.15) is 16.8 Å². The highest BCUT2D eigenvalue weighted by molar-refractivity contribution is 5.89. The summed E-state index contributed by atoms with van der Waals surface area (Å²) in [5, 5.41) is 8.09. The van der Waals surface area contributed by atoms with Crippen LogP contribution in [0, 0.1) is 24.4 Å². The fourth-order valence-corrected chi connectivity index (χ4v) is 3.68. The third kappa shape index (κ3) is 4.07. The molecule has 0 amide bonds. The molecule has 0 saturated heterocycles. The van der Waals surface area contributed by atoms with E-state index in [2.05, 4.69) is 25.4 Å². The maximum Gasteiger partial charge on any atom is 0.186 e. The summed E-state index contributed by atoms with van der Waals surface area (Å²) in [6, 6.07) is 16.2. The Kier molecular flexibility index (Phi) is 5.67. The Balaban J connectivity index is 1.55. The number of benzene rings is 2. The summed E-state index contributed by atoms with van der Waals surface area (Å²) in [7, 11) is 0. The van der Waals surface area contributed by atoms with Gasteiger partial charge in [-0.05, 0) is 31.2 Å². The van der Waals surface area contributed by atoms with Gasteiger partial charge in [0, 0.05) is 23.9 Å². The van der Waals surface area contributed by atoms with Gasteiger partial charge in [-0.3, -0.25) is 0 Å². The SMILES string of the molecule is Cc1nc(-c2nn(Cc3ccccc3F)c3ncccc23)nc(NCc2ccccc2F)c1F. The molecule has 3 aromatic heterocycles. The van der Waals surface area contributed by atoms with Crippen molar-refractivity contribution < 1.29 is 13.2 Å². The van der Waals surface area contributed by atoms with Gasteiger partial charge in [0.15, 0.2) is 23.1 Å². The first kappa shape index (κ1) is 21.6. The summed E-state index contributed by atoms with van der Waals surface area (Å²) in [6.45, 7) is 1.72. The molecule has 34 heavy (non-hydrogen) atoms. The standard InChI is InChI=1S/C25H19F3N6/c1-15-21(28)23(30-13-16-7-2-4-10-19(16)26)32-24(31-15)22-18-9-6-12-29-25(18)34(33-22)14-17-8-3-5-11-20(17)27/h2-12H,13-14H2,1H3,(H,30,31,32). The third-order valence-corrected chi connectivity index (χ3v) is 5.42. The zero-order chi connectivity index (χ0) is 23.7. The normalized spacial score (nSPS) is 11.2. The van der Waals surface area contributed by atoms with E-state index in [1.54, 1.807) is 59.4 Å². The lowest BCUT2D eigenvalue weighted by molar-refractivity contribution is 0.589. The molecule has 3 heterocycles. The molecule has 0 unspecified atom stereocenters. The maximum atomic E-state index is 14.8. The van der Waals surface area contributed by atoms with Gasteiger partial charge in [0.05, 0.1) is 17.6 Å². The molecule has 0 saturated carbocycles. The molecular formula is C25H19F3N6. The van der Waals surface area contributed by atoms with Crippen LogP contribution in [0.25, 0.3) is 22.6 Å². The van der Waals surface area contributed by atoms with Gasteiger partial charge in [0.1, 0.15) is 17.3 Å². The maximum absolute atomic E-state index is 14.8. The van der Waals surface area contributed by atoms with Crippen molar-refractivity contribution in [2.75, 3.05) is 5.32 Å². The van der Waals surface area contributed by atoms with Crippen LogP contribution < -0.4 is 5.32 Å². The van der Waals surface area contributed by atoms with Crippen LogP contribution in [0.2, 0.25) is 0 Å². The van der Waals surface area contributed by atoms with Crippen molar-refractivity contribution in [1.29, 1.82) is 0 Å². The lowest BCUT2D eigenvalue weighted by atomic mass is 10.2. The first-order valence-electron chi connectivity index (χ1n) is 10.6. The molecule has 0 fully saturated rings. The molecule has 1 N–H and O–H groups in total. The minimum absolute atomic E-state index is 0.0452. The van der Waals surface area contributed by atoms with E-state index >= 15 is 0 Å².